The van der Waals surface area contributed by atoms with Crippen LogP contribution < -0.4 is 0 Å². The van der Waals surface area contributed by atoms with Crippen molar-refractivity contribution in [1.29, 1.82) is 0 Å². The third-order valence-corrected chi connectivity index (χ3v) is 7.85. The van der Waals surface area contributed by atoms with Crippen LogP contribution in [0.15, 0.2) is 12.2 Å². The average Bonchev–Trinajstić information content (AvgIpc) is 3.26. The van der Waals surface area contributed by atoms with Crippen LogP contribution in [0, 0.1) is 22.7 Å². The zero-order chi connectivity index (χ0) is 17.8. The van der Waals surface area contributed by atoms with Crippen LogP contribution in [-0.4, -0.2) is 47.8 Å². The Labute approximate surface area is 151 Å². The summed E-state index contributed by atoms with van der Waals surface area (Å²) in [5.74, 6) is 1.85. The highest BCUT2D eigenvalue weighted by molar-refractivity contribution is 5.87. The van der Waals surface area contributed by atoms with Crippen LogP contribution in [0.2, 0.25) is 0 Å². The first-order chi connectivity index (χ1) is 11.8. The van der Waals surface area contributed by atoms with Gasteiger partial charge < -0.3 is 9.80 Å². The smallest absolute Gasteiger partial charge is 0.232 e. The summed E-state index contributed by atoms with van der Waals surface area (Å²) in [6, 6.07) is 0. The lowest BCUT2D eigenvalue weighted by Crippen LogP contribution is -2.48. The summed E-state index contributed by atoms with van der Waals surface area (Å²) in [5, 5.41) is 0. The molecule has 25 heavy (non-hydrogen) atoms. The van der Waals surface area contributed by atoms with Crippen LogP contribution in [0.1, 0.15) is 58.8 Å². The second-order valence-corrected chi connectivity index (χ2v) is 9.40. The lowest BCUT2D eigenvalue weighted by Gasteiger charge is -2.42. The summed E-state index contributed by atoms with van der Waals surface area (Å²) >= 11 is 0. The third kappa shape index (κ3) is 2.55. The zero-order valence-corrected chi connectivity index (χ0v) is 15.9. The molecule has 4 heteroatoms. The van der Waals surface area contributed by atoms with Gasteiger partial charge in [0.25, 0.3) is 0 Å². The van der Waals surface area contributed by atoms with Crippen molar-refractivity contribution in [3.05, 3.63) is 12.2 Å². The number of fused-ring (bicyclic) bond motifs is 2. The molecule has 0 spiro atoms. The average molecular weight is 344 g/mol. The van der Waals surface area contributed by atoms with Crippen molar-refractivity contribution in [1.82, 2.24) is 9.80 Å². The van der Waals surface area contributed by atoms with Gasteiger partial charge in [-0.25, -0.2) is 0 Å². The number of piperidine rings is 1. The molecule has 2 heterocycles. The molecule has 4 fully saturated rings. The maximum atomic E-state index is 13.4. The van der Waals surface area contributed by atoms with Crippen molar-refractivity contribution < 1.29 is 9.59 Å². The lowest BCUT2D eigenvalue weighted by atomic mass is 9.68. The Balaban J connectivity index is 1.37. The molecule has 0 aromatic rings. The number of hydrogen-bond donors (Lipinski definition) is 0. The van der Waals surface area contributed by atoms with Crippen molar-refractivity contribution in [3.8, 4) is 0 Å². The van der Waals surface area contributed by atoms with Gasteiger partial charge in [-0.2, -0.15) is 0 Å². The second-order valence-electron chi connectivity index (χ2n) is 9.40. The van der Waals surface area contributed by atoms with E-state index in [9.17, 15) is 9.59 Å². The third-order valence-electron chi connectivity index (χ3n) is 7.85. The van der Waals surface area contributed by atoms with Crippen molar-refractivity contribution in [2.75, 3.05) is 26.2 Å². The molecule has 0 aromatic heterocycles. The molecule has 2 saturated heterocycles. The minimum Gasteiger partial charge on any atom is -0.342 e. The summed E-state index contributed by atoms with van der Waals surface area (Å²) in [7, 11) is 0. The minimum atomic E-state index is -0.272. The Kier molecular flexibility index (Phi) is 4.01. The molecule has 2 aliphatic heterocycles. The molecule has 0 radical (unpaired) electrons. The highest BCUT2D eigenvalue weighted by Gasteiger charge is 2.61. The number of carbonyl (C=O) groups is 2. The molecule has 2 amide bonds. The SMILES string of the molecule is C=C1C(C)(C)[C@@H]2CC[C@]1(C(=O)N1CCC(CN3CCCC3=O)CC1)C2. The minimum absolute atomic E-state index is 0.113. The van der Waals surface area contributed by atoms with Crippen molar-refractivity contribution >= 4 is 11.8 Å². The topological polar surface area (TPSA) is 40.6 Å². The predicted octanol–water partition coefficient (Wildman–Crippen LogP) is 3.23. The second kappa shape index (κ2) is 5.85. The highest BCUT2D eigenvalue weighted by atomic mass is 16.2. The van der Waals surface area contributed by atoms with Crippen LogP contribution in [0.3, 0.4) is 0 Å². The van der Waals surface area contributed by atoms with Crippen LogP contribution in [0.25, 0.3) is 0 Å². The number of carbonyl (C=O) groups excluding carboxylic acids is 2. The Morgan fingerprint density at radius 2 is 1.92 bits per heavy atom. The summed E-state index contributed by atoms with van der Waals surface area (Å²) in [6.45, 7) is 12.5. The first-order valence-corrected chi connectivity index (χ1v) is 10.1. The van der Waals surface area contributed by atoms with Gasteiger partial charge in [0.1, 0.15) is 0 Å². The van der Waals surface area contributed by atoms with E-state index in [0.29, 0.717) is 23.7 Å². The van der Waals surface area contributed by atoms with E-state index in [0.717, 1.165) is 64.7 Å². The molecule has 2 atom stereocenters. The normalized spacial score (nSPS) is 35.0. The zero-order valence-electron chi connectivity index (χ0n) is 15.9. The van der Waals surface area contributed by atoms with E-state index in [2.05, 4.69) is 25.3 Å². The number of nitrogens with zero attached hydrogens (tertiary/aromatic N) is 2. The first-order valence-electron chi connectivity index (χ1n) is 10.1. The van der Waals surface area contributed by atoms with Gasteiger partial charge in [-0.3, -0.25) is 9.59 Å². The van der Waals surface area contributed by atoms with Crippen molar-refractivity contribution in [3.63, 3.8) is 0 Å². The molecule has 138 valence electrons. The van der Waals surface area contributed by atoms with E-state index in [1.54, 1.807) is 0 Å². The molecule has 0 aromatic carbocycles. The Hall–Kier alpha value is -1.32. The van der Waals surface area contributed by atoms with E-state index >= 15 is 0 Å². The molecule has 4 rings (SSSR count). The van der Waals surface area contributed by atoms with Crippen LogP contribution in [-0.2, 0) is 9.59 Å². The molecular weight excluding hydrogens is 312 g/mol. The lowest BCUT2D eigenvalue weighted by molar-refractivity contribution is -0.141. The maximum Gasteiger partial charge on any atom is 0.232 e. The predicted molar refractivity (Wildman–Crippen MR) is 97.8 cm³/mol. The van der Waals surface area contributed by atoms with Crippen LogP contribution in [0.5, 0.6) is 0 Å². The van der Waals surface area contributed by atoms with Crippen molar-refractivity contribution in [2.45, 2.75) is 58.8 Å². The number of hydrogen-bond acceptors (Lipinski definition) is 2. The fraction of sp³-hybridized carbons (Fsp3) is 0.810. The molecule has 4 nitrogen and oxygen atoms in total. The summed E-state index contributed by atoms with van der Waals surface area (Å²) < 4.78 is 0. The van der Waals surface area contributed by atoms with Gasteiger partial charge in [-0.05, 0) is 55.8 Å². The number of amides is 2. The van der Waals surface area contributed by atoms with Gasteiger partial charge in [0.2, 0.25) is 11.8 Å². The van der Waals surface area contributed by atoms with Gasteiger partial charge in [-0.15, -0.1) is 0 Å². The molecule has 2 aliphatic carbocycles. The quantitative estimate of drug-likeness (QED) is 0.738. The summed E-state index contributed by atoms with van der Waals surface area (Å²) in [6.07, 6.45) is 6.98. The number of likely N-dealkylation sites (tertiary alicyclic amines) is 2. The Bertz CT molecular complexity index is 603. The standard InChI is InChI=1S/C21H32N2O2/c1-15-20(2,3)17-6-9-21(15,13-17)19(25)22-11-7-16(8-12-22)14-23-10-4-5-18(23)24/h16-17H,1,4-14H2,2-3H3/t17-,21+/m1/s1. The van der Waals surface area contributed by atoms with Gasteiger partial charge in [0.05, 0.1) is 5.41 Å². The number of rotatable bonds is 3. The van der Waals surface area contributed by atoms with Crippen LogP contribution in [0.4, 0.5) is 0 Å². The molecule has 2 saturated carbocycles. The Morgan fingerprint density at radius 3 is 2.48 bits per heavy atom. The summed E-state index contributed by atoms with van der Waals surface area (Å²) in [4.78, 5) is 29.4. The van der Waals surface area contributed by atoms with E-state index < -0.39 is 0 Å². The van der Waals surface area contributed by atoms with Gasteiger partial charge >= 0.3 is 0 Å². The first kappa shape index (κ1) is 17.1. The van der Waals surface area contributed by atoms with E-state index in [1.807, 2.05) is 4.90 Å². The van der Waals surface area contributed by atoms with Gasteiger partial charge in [0, 0.05) is 32.6 Å². The van der Waals surface area contributed by atoms with Gasteiger partial charge in [0.15, 0.2) is 0 Å². The fourth-order valence-corrected chi connectivity index (χ4v) is 5.95. The highest BCUT2D eigenvalue weighted by Crippen LogP contribution is 2.66. The summed E-state index contributed by atoms with van der Waals surface area (Å²) in [5.41, 5.74) is 1.03. The van der Waals surface area contributed by atoms with Gasteiger partial charge in [-0.1, -0.05) is 26.0 Å². The Morgan fingerprint density at radius 1 is 1.20 bits per heavy atom. The molecular formula is C21H32N2O2. The molecule has 4 aliphatic rings. The monoisotopic (exact) mass is 344 g/mol. The van der Waals surface area contributed by atoms with Crippen molar-refractivity contribution in [2.24, 2.45) is 22.7 Å². The molecule has 0 unspecified atom stereocenters. The van der Waals surface area contributed by atoms with E-state index in [-0.39, 0.29) is 10.8 Å². The van der Waals surface area contributed by atoms with Crippen LogP contribution >= 0.6 is 0 Å². The largest absolute Gasteiger partial charge is 0.342 e. The van der Waals surface area contributed by atoms with E-state index in [1.165, 1.54) is 12.0 Å². The molecule has 2 bridgehead atoms. The molecule has 0 N–H and O–H groups in total. The maximum absolute atomic E-state index is 13.4. The fourth-order valence-electron chi connectivity index (χ4n) is 5.95. The van der Waals surface area contributed by atoms with E-state index in [4.69, 9.17) is 0 Å².